The highest BCUT2D eigenvalue weighted by molar-refractivity contribution is 6.38. The molecule has 0 saturated carbocycles. The average Bonchev–Trinajstić information content (AvgIpc) is 3.09. The summed E-state index contributed by atoms with van der Waals surface area (Å²) in [6.45, 7) is 1.35. The van der Waals surface area contributed by atoms with E-state index in [2.05, 4.69) is 0 Å². The number of alkyl halides is 1. The first-order valence-corrected chi connectivity index (χ1v) is 10.9. The van der Waals surface area contributed by atoms with Crippen molar-refractivity contribution in [2.24, 2.45) is 0 Å². The van der Waals surface area contributed by atoms with Crippen molar-refractivity contribution >= 4 is 51.5 Å². The van der Waals surface area contributed by atoms with Gasteiger partial charge in [0, 0.05) is 36.4 Å². The molecular weight excluding hydrogens is 487 g/mol. The molecule has 1 unspecified atom stereocenters. The van der Waals surface area contributed by atoms with E-state index in [0.29, 0.717) is 10.9 Å². The van der Waals surface area contributed by atoms with Crippen LogP contribution in [0.5, 0.6) is 17.2 Å². The Hall–Kier alpha value is -3.33. The maximum absolute atomic E-state index is 13.8. The smallest absolute Gasteiger partial charge is 0.345 e. The Kier molecular flexibility index (Phi) is 4.84. The van der Waals surface area contributed by atoms with Gasteiger partial charge < -0.3 is 24.4 Å². The molecule has 0 spiro atoms. The lowest BCUT2D eigenvalue weighted by molar-refractivity contribution is -0.173. The zero-order chi connectivity index (χ0) is 24.7. The molecular formula is C24H16Cl2O8. The second-order valence-electron chi connectivity index (χ2n) is 8.00. The number of benzene rings is 3. The Bertz CT molecular complexity index is 1490. The van der Waals surface area contributed by atoms with E-state index in [4.69, 9.17) is 37.4 Å². The van der Waals surface area contributed by atoms with E-state index in [1.165, 1.54) is 27.2 Å². The number of rotatable bonds is 3. The van der Waals surface area contributed by atoms with E-state index in [1.807, 2.05) is 0 Å². The predicted molar refractivity (Wildman–Crippen MR) is 121 cm³/mol. The van der Waals surface area contributed by atoms with Crippen molar-refractivity contribution in [1.82, 2.24) is 0 Å². The molecule has 0 saturated heterocycles. The molecule has 5 rings (SSSR count). The Morgan fingerprint density at radius 3 is 2.29 bits per heavy atom. The van der Waals surface area contributed by atoms with E-state index < -0.39 is 51.5 Å². The number of methoxy groups -OCH3 is 2. The summed E-state index contributed by atoms with van der Waals surface area (Å²) in [5, 5.41) is 23.0. The zero-order valence-corrected chi connectivity index (χ0v) is 19.6. The normalized spacial score (nSPS) is 18.6. The van der Waals surface area contributed by atoms with E-state index in [1.54, 1.807) is 12.1 Å². The predicted octanol–water partition coefficient (Wildman–Crippen LogP) is 4.42. The minimum atomic E-state index is -1.76. The Balaban J connectivity index is 1.91. The maximum atomic E-state index is 13.8. The zero-order valence-electron chi connectivity index (χ0n) is 18.0. The van der Waals surface area contributed by atoms with Gasteiger partial charge >= 0.3 is 5.97 Å². The van der Waals surface area contributed by atoms with Crippen LogP contribution in [0.3, 0.4) is 0 Å². The van der Waals surface area contributed by atoms with Crippen molar-refractivity contribution < 1.29 is 38.8 Å². The fourth-order valence-electron chi connectivity index (χ4n) is 4.69. The van der Waals surface area contributed by atoms with Crippen LogP contribution in [0.25, 0.3) is 10.8 Å². The van der Waals surface area contributed by atoms with Crippen LogP contribution in [0.2, 0.25) is 5.02 Å². The molecule has 0 amide bonds. The van der Waals surface area contributed by atoms with Gasteiger partial charge in [0.15, 0.2) is 11.6 Å². The number of ketones is 2. The first-order valence-electron chi connectivity index (χ1n) is 9.99. The van der Waals surface area contributed by atoms with Crippen LogP contribution in [0.15, 0.2) is 18.2 Å². The van der Waals surface area contributed by atoms with Gasteiger partial charge in [0.05, 0.1) is 28.8 Å². The molecule has 34 heavy (non-hydrogen) atoms. The molecule has 2 aliphatic rings. The number of aromatic hydroxyl groups is 2. The third kappa shape index (κ3) is 2.61. The van der Waals surface area contributed by atoms with Gasteiger partial charge in [0.2, 0.25) is 5.79 Å². The van der Waals surface area contributed by atoms with Crippen molar-refractivity contribution in [2.75, 3.05) is 14.2 Å². The summed E-state index contributed by atoms with van der Waals surface area (Å²) < 4.78 is 15.9. The summed E-state index contributed by atoms with van der Waals surface area (Å²) in [6.07, 6.45) is 0. The van der Waals surface area contributed by atoms with Gasteiger partial charge in [-0.25, -0.2) is 4.79 Å². The number of cyclic esters (lactones) is 1. The molecule has 8 nitrogen and oxygen atoms in total. The standard InChI is InChI=1S/C24H16Cl2O8/c1-24(33-3)16-15(23(31)34-24)20(29)14-13(21(16)30)18(27)10-5-4-8-6-9(7-25)17(26)22(32-2)11(8)12(10)19(14)28/h4-6,29-30H,7H2,1-3H3. The quantitative estimate of drug-likeness (QED) is 0.240. The number of esters is 1. The number of ether oxygens (including phenoxy) is 3. The molecule has 10 heteroatoms. The summed E-state index contributed by atoms with van der Waals surface area (Å²) in [4.78, 5) is 39.9. The first kappa shape index (κ1) is 22.5. The molecule has 1 aliphatic heterocycles. The molecule has 1 aliphatic carbocycles. The van der Waals surface area contributed by atoms with Crippen LogP contribution >= 0.6 is 23.2 Å². The second-order valence-corrected chi connectivity index (χ2v) is 8.64. The number of phenols is 2. The number of halogens is 2. The SMILES string of the molecule is COc1c(Cl)c(CCl)cc2ccc3c(c12)C(=O)c1c(O)c2c(c(O)c1C3=O)C(C)(OC)OC2=O. The monoisotopic (exact) mass is 502 g/mol. The summed E-state index contributed by atoms with van der Waals surface area (Å²) in [6, 6.07) is 4.71. The van der Waals surface area contributed by atoms with Crippen LogP contribution in [0.4, 0.5) is 0 Å². The third-order valence-corrected chi connectivity index (χ3v) is 7.03. The van der Waals surface area contributed by atoms with Crippen molar-refractivity contribution in [2.45, 2.75) is 18.6 Å². The van der Waals surface area contributed by atoms with Crippen LogP contribution < -0.4 is 4.74 Å². The van der Waals surface area contributed by atoms with Crippen LogP contribution in [-0.4, -0.2) is 42.0 Å². The fraction of sp³-hybridized carbons (Fsp3) is 0.208. The van der Waals surface area contributed by atoms with Crippen molar-refractivity contribution in [3.63, 3.8) is 0 Å². The summed E-state index contributed by atoms with van der Waals surface area (Å²) in [5.41, 5.74) is -1.19. The first-order chi connectivity index (χ1) is 16.1. The molecule has 3 aromatic rings. The molecule has 0 radical (unpaired) electrons. The third-order valence-electron chi connectivity index (χ3n) is 6.33. The van der Waals surface area contributed by atoms with E-state index in [0.717, 1.165) is 0 Å². The minimum absolute atomic E-state index is 0.0306. The summed E-state index contributed by atoms with van der Waals surface area (Å²) in [7, 11) is 2.59. The molecule has 2 N–H and O–H groups in total. The van der Waals surface area contributed by atoms with E-state index in [-0.39, 0.29) is 38.7 Å². The molecule has 0 fully saturated rings. The molecule has 1 heterocycles. The number of carbonyl (C=O) groups is 3. The molecule has 0 aromatic heterocycles. The summed E-state index contributed by atoms with van der Waals surface area (Å²) in [5.74, 6) is -5.54. The molecule has 0 bridgehead atoms. The second kappa shape index (κ2) is 7.33. The van der Waals surface area contributed by atoms with Crippen LogP contribution in [0.1, 0.15) is 60.3 Å². The number of fused-ring (bicyclic) bond motifs is 5. The van der Waals surface area contributed by atoms with Gasteiger partial charge in [0.25, 0.3) is 0 Å². The Morgan fingerprint density at radius 1 is 1.00 bits per heavy atom. The van der Waals surface area contributed by atoms with Gasteiger partial charge in [0.1, 0.15) is 22.8 Å². The number of hydrogen-bond donors (Lipinski definition) is 2. The van der Waals surface area contributed by atoms with Crippen LogP contribution in [0, 0.1) is 0 Å². The van der Waals surface area contributed by atoms with Crippen LogP contribution in [-0.2, 0) is 21.1 Å². The van der Waals surface area contributed by atoms with E-state index in [9.17, 15) is 24.6 Å². The average molecular weight is 503 g/mol. The van der Waals surface area contributed by atoms with Gasteiger partial charge in [-0.1, -0.05) is 17.7 Å². The highest BCUT2D eigenvalue weighted by Gasteiger charge is 2.51. The Labute approximate surface area is 202 Å². The minimum Gasteiger partial charge on any atom is -0.507 e. The van der Waals surface area contributed by atoms with Crippen molar-refractivity contribution in [1.29, 1.82) is 0 Å². The number of phenolic OH excluding ortho intramolecular Hbond substituents is 2. The lowest BCUT2D eigenvalue weighted by Gasteiger charge is -2.26. The lowest BCUT2D eigenvalue weighted by Crippen LogP contribution is -2.26. The highest BCUT2D eigenvalue weighted by Crippen LogP contribution is 2.52. The molecule has 3 aromatic carbocycles. The topological polar surface area (TPSA) is 119 Å². The van der Waals surface area contributed by atoms with Gasteiger partial charge in [-0.3, -0.25) is 9.59 Å². The summed E-state index contributed by atoms with van der Waals surface area (Å²) >= 11 is 12.4. The largest absolute Gasteiger partial charge is 0.507 e. The van der Waals surface area contributed by atoms with Crippen molar-refractivity contribution in [3.8, 4) is 17.2 Å². The highest BCUT2D eigenvalue weighted by atomic mass is 35.5. The van der Waals surface area contributed by atoms with E-state index >= 15 is 0 Å². The molecule has 174 valence electrons. The lowest BCUT2D eigenvalue weighted by atomic mass is 9.78. The molecule has 1 atom stereocenters. The van der Waals surface area contributed by atoms with Gasteiger partial charge in [-0.05, 0) is 23.1 Å². The van der Waals surface area contributed by atoms with Crippen molar-refractivity contribution in [3.05, 3.63) is 62.2 Å². The fourth-order valence-corrected chi connectivity index (χ4v) is 5.27. The van der Waals surface area contributed by atoms with Gasteiger partial charge in [-0.15, -0.1) is 11.6 Å². The number of carbonyl (C=O) groups excluding carboxylic acids is 3. The van der Waals surface area contributed by atoms with Gasteiger partial charge in [-0.2, -0.15) is 0 Å². The maximum Gasteiger partial charge on any atom is 0.345 e. The number of hydrogen-bond acceptors (Lipinski definition) is 8. The Morgan fingerprint density at radius 2 is 1.68 bits per heavy atom.